The third-order valence-corrected chi connectivity index (χ3v) is 6.74. The summed E-state index contributed by atoms with van der Waals surface area (Å²) < 4.78 is 5.37. The van der Waals surface area contributed by atoms with E-state index in [1.54, 1.807) is 19.2 Å². The van der Waals surface area contributed by atoms with E-state index in [0.29, 0.717) is 17.9 Å². The number of hydrogen-bond donors (Lipinski definition) is 2. The number of guanidine groups is 1. The number of carbonyl (C=O) groups excluding carboxylic acids is 1. The summed E-state index contributed by atoms with van der Waals surface area (Å²) in [5.74, 6) is 0.679. The maximum Gasteiger partial charge on any atom is 0.255 e. The van der Waals surface area contributed by atoms with Crippen LogP contribution < -0.4 is 15.8 Å². The third-order valence-electron chi connectivity index (χ3n) is 6.74. The maximum atomic E-state index is 13.0. The molecule has 3 N–H and O–H groups in total. The van der Waals surface area contributed by atoms with Gasteiger partial charge < -0.3 is 20.7 Å². The summed E-state index contributed by atoms with van der Waals surface area (Å²) in [4.78, 5) is 18.9. The molecule has 1 aliphatic carbocycles. The standard InChI is InChI=1S/C27H35N5O2/c1-26(2,3)32(25(29)31-19-28)21-14-16-27(17-15-21,20-10-6-5-7-11-20)18-30-24(33)22-12-8-9-13-23(22)34-4/h5-13,21H,14-18H2,1-4H3,(H2,29,31)(H,30,33)/t21-,27-. The predicted octanol–water partition coefficient (Wildman–Crippen LogP) is 4.20. The highest BCUT2D eigenvalue weighted by Crippen LogP contribution is 2.41. The molecule has 0 aromatic heterocycles. The molecular weight excluding hydrogens is 426 g/mol. The molecule has 1 amide bonds. The summed E-state index contributed by atoms with van der Waals surface area (Å²) in [6.07, 6.45) is 5.32. The van der Waals surface area contributed by atoms with E-state index in [1.165, 1.54) is 5.56 Å². The number of nitriles is 1. The lowest BCUT2D eigenvalue weighted by molar-refractivity contribution is 0.0903. The van der Waals surface area contributed by atoms with Crippen LogP contribution in [0.25, 0.3) is 0 Å². The topological polar surface area (TPSA) is 104 Å². The van der Waals surface area contributed by atoms with Gasteiger partial charge in [-0.05, 0) is 64.2 Å². The van der Waals surface area contributed by atoms with Crippen molar-refractivity contribution in [1.82, 2.24) is 10.2 Å². The Bertz CT molecular complexity index is 1040. The highest BCUT2D eigenvalue weighted by atomic mass is 16.5. The van der Waals surface area contributed by atoms with Crippen LogP contribution in [0, 0.1) is 11.5 Å². The number of benzene rings is 2. The first-order valence-corrected chi connectivity index (χ1v) is 11.7. The lowest BCUT2D eigenvalue weighted by Gasteiger charge is -2.48. The molecule has 7 heteroatoms. The van der Waals surface area contributed by atoms with E-state index < -0.39 is 0 Å². The molecular formula is C27H35N5O2. The van der Waals surface area contributed by atoms with E-state index in [-0.39, 0.29) is 28.9 Å². The maximum absolute atomic E-state index is 13.0. The number of hydrogen-bond acceptors (Lipinski definition) is 4. The molecule has 0 radical (unpaired) electrons. The second-order valence-corrected chi connectivity index (χ2v) is 9.87. The van der Waals surface area contributed by atoms with Gasteiger partial charge in [0.15, 0.2) is 0 Å². The molecule has 0 atom stereocenters. The number of ether oxygens (including phenoxy) is 1. The van der Waals surface area contributed by atoms with Crippen molar-refractivity contribution in [2.45, 2.75) is 63.5 Å². The Morgan fingerprint density at radius 1 is 1.18 bits per heavy atom. The minimum atomic E-state index is -0.264. The predicted molar refractivity (Wildman–Crippen MR) is 135 cm³/mol. The van der Waals surface area contributed by atoms with E-state index in [4.69, 9.17) is 15.7 Å². The summed E-state index contributed by atoms with van der Waals surface area (Å²) in [6.45, 7) is 6.77. The van der Waals surface area contributed by atoms with Gasteiger partial charge in [0.1, 0.15) is 5.75 Å². The van der Waals surface area contributed by atoms with Crippen molar-refractivity contribution in [2.24, 2.45) is 10.7 Å². The normalized spacial score (nSPS) is 20.8. The Labute approximate surface area is 202 Å². The Kier molecular flexibility index (Phi) is 7.83. The Morgan fingerprint density at radius 2 is 1.79 bits per heavy atom. The van der Waals surface area contributed by atoms with Crippen LogP contribution in [0.3, 0.4) is 0 Å². The smallest absolute Gasteiger partial charge is 0.255 e. The highest BCUT2D eigenvalue weighted by Gasteiger charge is 2.41. The van der Waals surface area contributed by atoms with Crippen molar-refractivity contribution in [3.63, 3.8) is 0 Å². The van der Waals surface area contributed by atoms with E-state index in [9.17, 15) is 4.79 Å². The number of nitrogens with two attached hydrogens (primary N) is 1. The summed E-state index contributed by atoms with van der Waals surface area (Å²) in [6, 6.07) is 17.8. The van der Waals surface area contributed by atoms with E-state index in [1.807, 2.05) is 36.5 Å². The molecule has 7 nitrogen and oxygen atoms in total. The van der Waals surface area contributed by atoms with Gasteiger partial charge in [-0.1, -0.05) is 42.5 Å². The van der Waals surface area contributed by atoms with Crippen LogP contribution in [0.5, 0.6) is 5.75 Å². The molecule has 0 bridgehead atoms. The molecule has 0 saturated heterocycles. The first-order chi connectivity index (χ1) is 16.2. The fraction of sp³-hybridized carbons (Fsp3) is 0.444. The third kappa shape index (κ3) is 5.51. The Morgan fingerprint density at radius 3 is 2.38 bits per heavy atom. The Hall–Kier alpha value is -3.53. The van der Waals surface area contributed by atoms with Gasteiger partial charge in [-0.25, -0.2) is 0 Å². The van der Waals surface area contributed by atoms with E-state index in [0.717, 1.165) is 25.7 Å². The number of carbonyl (C=O) groups is 1. The van der Waals surface area contributed by atoms with Crippen LogP contribution in [0.1, 0.15) is 62.4 Å². The van der Waals surface area contributed by atoms with Gasteiger partial charge in [0.25, 0.3) is 5.91 Å². The fourth-order valence-electron chi connectivity index (χ4n) is 5.13. The molecule has 1 saturated carbocycles. The largest absolute Gasteiger partial charge is 0.496 e. The van der Waals surface area contributed by atoms with E-state index in [2.05, 4.69) is 48.1 Å². The molecule has 0 heterocycles. The number of rotatable bonds is 6. The quantitative estimate of drug-likeness (QED) is 0.381. The van der Waals surface area contributed by atoms with E-state index >= 15 is 0 Å². The lowest BCUT2D eigenvalue weighted by atomic mass is 9.67. The van der Waals surface area contributed by atoms with Crippen LogP contribution in [-0.2, 0) is 5.41 Å². The van der Waals surface area contributed by atoms with Crippen molar-refractivity contribution < 1.29 is 9.53 Å². The summed E-state index contributed by atoms with van der Waals surface area (Å²) in [7, 11) is 1.57. The van der Waals surface area contributed by atoms with Crippen LogP contribution >= 0.6 is 0 Å². The summed E-state index contributed by atoms with van der Waals surface area (Å²) >= 11 is 0. The second-order valence-electron chi connectivity index (χ2n) is 9.87. The van der Waals surface area contributed by atoms with Crippen LogP contribution in [0.4, 0.5) is 0 Å². The van der Waals surface area contributed by atoms with Crippen molar-refractivity contribution >= 4 is 11.9 Å². The SMILES string of the molecule is COc1ccccc1C(=O)NC[C@]1(c2ccccc2)CC[C@H](N(C(N)=NC#N)C(C)(C)C)CC1. The van der Waals surface area contributed by atoms with Gasteiger partial charge in [-0.2, -0.15) is 5.26 Å². The molecule has 2 aromatic rings. The van der Waals surface area contributed by atoms with Gasteiger partial charge in [0, 0.05) is 23.5 Å². The molecule has 2 aromatic carbocycles. The van der Waals surface area contributed by atoms with Crippen molar-refractivity contribution in [3.8, 4) is 11.9 Å². The number of methoxy groups -OCH3 is 1. The van der Waals surface area contributed by atoms with Gasteiger partial charge in [-0.15, -0.1) is 4.99 Å². The summed E-state index contributed by atoms with van der Waals surface area (Å²) in [5.41, 5.74) is 7.49. The minimum Gasteiger partial charge on any atom is -0.496 e. The first kappa shape index (κ1) is 25.1. The molecule has 1 aliphatic rings. The van der Waals surface area contributed by atoms with Crippen LogP contribution in [0.2, 0.25) is 0 Å². The minimum absolute atomic E-state index is 0.142. The first-order valence-electron chi connectivity index (χ1n) is 11.7. The zero-order chi connectivity index (χ0) is 24.8. The van der Waals surface area contributed by atoms with Gasteiger partial charge >= 0.3 is 0 Å². The zero-order valence-electron chi connectivity index (χ0n) is 20.5. The number of nitrogens with one attached hydrogen (secondary N) is 1. The molecule has 34 heavy (non-hydrogen) atoms. The highest BCUT2D eigenvalue weighted by molar-refractivity contribution is 5.97. The fourth-order valence-corrected chi connectivity index (χ4v) is 5.13. The van der Waals surface area contributed by atoms with Crippen LogP contribution in [0.15, 0.2) is 59.6 Å². The molecule has 0 aliphatic heterocycles. The van der Waals surface area contributed by atoms with Crippen LogP contribution in [-0.4, -0.2) is 42.0 Å². The van der Waals surface area contributed by atoms with Crippen molar-refractivity contribution in [3.05, 3.63) is 65.7 Å². The van der Waals surface area contributed by atoms with Crippen molar-refractivity contribution in [1.29, 1.82) is 5.26 Å². The molecule has 0 spiro atoms. The number of aliphatic imine (C=N–C) groups is 1. The molecule has 3 rings (SSSR count). The average molecular weight is 462 g/mol. The molecule has 0 unspecified atom stereocenters. The number of amides is 1. The molecule has 1 fully saturated rings. The molecule has 180 valence electrons. The summed E-state index contributed by atoms with van der Waals surface area (Å²) in [5, 5.41) is 12.2. The number of nitrogens with zero attached hydrogens (tertiary/aromatic N) is 3. The second kappa shape index (κ2) is 10.6. The zero-order valence-corrected chi connectivity index (χ0v) is 20.5. The average Bonchev–Trinajstić information content (AvgIpc) is 2.83. The van der Waals surface area contributed by atoms with Crippen molar-refractivity contribution in [2.75, 3.05) is 13.7 Å². The van der Waals surface area contributed by atoms with Gasteiger partial charge in [0.2, 0.25) is 12.2 Å². The van der Waals surface area contributed by atoms with Gasteiger partial charge in [-0.3, -0.25) is 4.79 Å². The number of para-hydroxylation sites is 1. The van der Waals surface area contributed by atoms with Gasteiger partial charge in [0.05, 0.1) is 12.7 Å². The lowest BCUT2D eigenvalue weighted by Crippen LogP contribution is -2.57. The monoisotopic (exact) mass is 461 g/mol. The Balaban J connectivity index is 1.83.